The van der Waals surface area contributed by atoms with Gasteiger partial charge >= 0.3 is 0 Å². The van der Waals surface area contributed by atoms with Gasteiger partial charge in [-0.05, 0) is 48.4 Å². The third-order valence-corrected chi connectivity index (χ3v) is 2.76. The van der Waals surface area contributed by atoms with Crippen molar-refractivity contribution >= 4 is 11.6 Å². The van der Waals surface area contributed by atoms with Crippen LogP contribution in [-0.4, -0.2) is 11.0 Å². The minimum absolute atomic E-state index is 0.181. The number of nitrogens with one attached hydrogen (secondary N) is 1. The Hall–Kier alpha value is -2.36. The number of hydrogen-bond acceptors (Lipinski definition) is 2. The first kappa shape index (κ1) is 13.1. The Morgan fingerprint density at radius 1 is 1.21 bits per heavy atom. The molecule has 0 aliphatic heterocycles. The van der Waals surface area contributed by atoms with Gasteiger partial charge in [0.15, 0.2) is 0 Å². The maximum absolute atomic E-state index is 12.7. The summed E-state index contributed by atoms with van der Waals surface area (Å²) in [5, 5.41) is 12.1. The fourth-order valence-electron chi connectivity index (χ4n) is 1.73. The maximum atomic E-state index is 12.7. The summed E-state index contributed by atoms with van der Waals surface area (Å²) >= 11 is 0. The van der Waals surface area contributed by atoms with Crippen molar-refractivity contribution in [3.63, 3.8) is 0 Å². The van der Waals surface area contributed by atoms with Crippen LogP contribution in [0.1, 0.15) is 11.1 Å². The van der Waals surface area contributed by atoms with Crippen molar-refractivity contribution in [2.24, 2.45) is 0 Å². The zero-order valence-corrected chi connectivity index (χ0v) is 10.5. The molecular formula is C15H14FNO2. The highest BCUT2D eigenvalue weighted by Gasteiger charge is 2.05. The Morgan fingerprint density at radius 2 is 1.89 bits per heavy atom. The van der Waals surface area contributed by atoms with Gasteiger partial charge in [0.25, 0.3) is 0 Å². The number of phenolic OH excluding ortho intramolecular Hbond substituents is 1. The number of rotatable bonds is 3. The Bertz CT molecular complexity index is 594. The summed E-state index contributed by atoms with van der Waals surface area (Å²) in [5.74, 6) is -0.313. The highest BCUT2D eigenvalue weighted by Crippen LogP contribution is 2.20. The van der Waals surface area contributed by atoms with E-state index < -0.39 is 0 Å². The van der Waals surface area contributed by atoms with Gasteiger partial charge in [0, 0.05) is 5.69 Å². The van der Waals surface area contributed by atoms with Crippen molar-refractivity contribution in [1.82, 2.24) is 0 Å². The van der Waals surface area contributed by atoms with Crippen LogP contribution in [0.2, 0.25) is 0 Å². The van der Waals surface area contributed by atoms with Gasteiger partial charge in [0.1, 0.15) is 11.6 Å². The van der Waals surface area contributed by atoms with Crippen molar-refractivity contribution < 1.29 is 14.3 Å². The number of halogens is 1. The van der Waals surface area contributed by atoms with Gasteiger partial charge in [-0.15, -0.1) is 0 Å². The van der Waals surface area contributed by atoms with E-state index in [1.54, 1.807) is 31.2 Å². The number of hydrogen-bond donors (Lipinski definition) is 2. The van der Waals surface area contributed by atoms with Gasteiger partial charge < -0.3 is 10.4 Å². The minimum Gasteiger partial charge on any atom is -0.508 e. The number of aromatic hydroxyl groups is 1. The van der Waals surface area contributed by atoms with E-state index in [2.05, 4.69) is 5.32 Å². The average molecular weight is 259 g/mol. The second-order valence-electron chi connectivity index (χ2n) is 4.35. The number of carbonyl (C=O) groups excluding carboxylic acids is 1. The van der Waals surface area contributed by atoms with E-state index in [4.69, 9.17) is 0 Å². The zero-order valence-electron chi connectivity index (χ0n) is 10.5. The third kappa shape index (κ3) is 3.55. The van der Waals surface area contributed by atoms with Gasteiger partial charge in [-0.3, -0.25) is 4.79 Å². The molecule has 19 heavy (non-hydrogen) atoms. The van der Waals surface area contributed by atoms with Crippen LogP contribution in [-0.2, 0) is 11.2 Å². The molecule has 2 N–H and O–H groups in total. The number of benzene rings is 2. The standard InChI is InChI=1S/C15H14FNO2/c1-10-8-13(6-7-14(10)18)17-15(19)9-11-2-4-12(16)5-3-11/h2-8,18H,9H2,1H3,(H,17,19). The average Bonchev–Trinajstić information content (AvgIpc) is 2.37. The number of carbonyl (C=O) groups is 1. The molecule has 4 heteroatoms. The first-order chi connectivity index (χ1) is 9.04. The summed E-state index contributed by atoms with van der Waals surface area (Å²) in [6.45, 7) is 1.75. The summed E-state index contributed by atoms with van der Waals surface area (Å²) in [6.07, 6.45) is 0.181. The van der Waals surface area contributed by atoms with Crippen molar-refractivity contribution in [3.05, 3.63) is 59.4 Å². The lowest BCUT2D eigenvalue weighted by Gasteiger charge is -2.07. The van der Waals surface area contributed by atoms with Crippen molar-refractivity contribution in [3.8, 4) is 5.75 Å². The molecule has 0 heterocycles. The molecule has 2 aromatic rings. The molecule has 0 aromatic heterocycles. The van der Waals surface area contributed by atoms with E-state index in [-0.39, 0.29) is 23.9 Å². The van der Waals surface area contributed by atoms with E-state index >= 15 is 0 Å². The maximum Gasteiger partial charge on any atom is 0.228 e. The molecule has 98 valence electrons. The Labute approximate surface area is 110 Å². The van der Waals surface area contributed by atoms with Crippen molar-refractivity contribution in [2.75, 3.05) is 5.32 Å². The summed E-state index contributed by atoms with van der Waals surface area (Å²) in [5.41, 5.74) is 2.07. The third-order valence-electron chi connectivity index (χ3n) is 2.76. The molecule has 0 saturated carbocycles. The van der Waals surface area contributed by atoms with Crippen molar-refractivity contribution in [2.45, 2.75) is 13.3 Å². The molecule has 1 amide bonds. The summed E-state index contributed by atoms with van der Waals surface area (Å²) < 4.78 is 12.7. The Kier molecular flexibility index (Phi) is 3.80. The van der Waals surface area contributed by atoms with Gasteiger partial charge in [-0.2, -0.15) is 0 Å². The smallest absolute Gasteiger partial charge is 0.228 e. The van der Waals surface area contributed by atoms with E-state index in [0.717, 1.165) is 5.56 Å². The van der Waals surface area contributed by atoms with Crippen LogP contribution in [0.25, 0.3) is 0 Å². The lowest BCUT2D eigenvalue weighted by atomic mass is 10.1. The van der Waals surface area contributed by atoms with E-state index in [0.29, 0.717) is 11.3 Å². The molecule has 0 atom stereocenters. The summed E-state index contributed by atoms with van der Waals surface area (Å²) in [4.78, 5) is 11.8. The van der Waals surface area contributed by atoms with Gasteiger partial charge in [0.2, 0.25) is 5.91 Å². The number of anilines is 1. The fourth-order valence-corrected chi connectivity index (χ4v) is 1.73. The predicted octanol–water partition coefficient (Wildman–Crippen LogP) is 3.02. The Morgan fingerprint density at radius 3 is 2.53 bits per heavy atom. The zero-order chi connectivity index (χ0) is 13.8. The molecule has 0 radical (unpaired) electrons. The lowest BCUT2D eigenvalue weighted by molar-refractivity contribution is -0.115. The quantitative estimate of drug-likeness (QED) is 0.832. The molecule has 0 aliphatic carbocycles. The fraction of sp³-hybridized carbons (Fsp3) is 0.133. The van der Waals surface area contributed by atoms with Crippen LogP contribution in [0.4, 0.5) is 10.1 Å². The van der Waals surface area contributed by atoms with Gasteiger partial charge in [-0.1, -0.05) is 12.1 Å². The second kappa shape index (κ2) is 5.52. The predicted molar refractivity (Wildman–Crippen MR) is 71.6 cm³/mol. The van der Waals surface area contributed by atoms with Crippen LogP contribution >= 0.6 is 0 Å². The summed E-state index contributed by atoms with van der Waals surface area (Å²) in [6, 6.07) is 10.7. The van der Waals surface area contributed by atoms with Crippen LogP contribution in [0.15, 0.2) is 42.5 Å². The molecular weight excluding hydrogens is 245 g/mol. The number of phenols is 1. The van der Waals surface area contributed by atoms with E-state index in [9.17, 15) is 14.3 Å². The first-order valence-corrected chi connectivity index (χ1v) is 5.88. The molecule has 0 saturated heterocycles. The van der Waals surface area contributed by atoms with Crippen molar-refractivity contribution in [1.29, 1.82) is 0 Å². The molecule has 3 nitrogen and oxygen atoms in total. The minimum atomic E-state index is -0.321. The van der Waals surface area contributed by atoms with Crippen LogP contribution in [0.5, 0.6) is 5.75 Å². The van der Waals surface area contributed by atoms with Gasteiger partial charge in [-0.25, -0.2) is 4.39 Å². The van der Waals surface area contributed by atoms with E-state index in [1.807, 2.05) is 0 Å². The molecule has 0 bridgehead atoms. The number of amides is 1. The molecule has 0 unspecified atom stereocenters. The Balaban J connectivity index is 2.01. The normalized spacial score (nSPS) is 10.2. The van der Waals surface area contributed by atoms with Gasteiger partial charge in [0.05, 0.1) is 6.42 Å². The molecule has 2 aromatic carbocycles. The lowest BCUT2D eigenvalue weighted by Crippen LogP contribution is -2.14. The summed E-state index contributed by atoms with van der Waals surface area (Å²) in [7, 11) is 0. The van der Waals surface area contributed by atoms with Crippen LogP contribution in [0.3, 0.4) is 0 Å². The molecule has 2 rings (SSSR count). The first-order valence-electron chi connectivity index (χ1n) is 5.88. The molecule has 0 fully saturated rings. The molecule has 0 spiro atoms. The van der Waals surface area contributed by atoms with E-state index in [1.165, 1.54) is 18.2 Å². The highest BCUT2D eigenvalue weighted by atomic mass is 19.1. The largest absolute Gasteiger partial charge is 0.508 e. The van der Waals surface area contributed by atoms with Crippen LogP contribution in [0, 0.1) is 12.7 Å². The molecule has 0 aliphatic rings. The monoisotopic (exact) mass is 259 g/mol. The van der Waals surface area contributed by atoms with Crippen LogP contribution < -0.4 is 5.32 Å². The topological polar surface area (TPSA) is 49.3 Å². The second-order valence-corrected chi connectivity index (χ2v) is 4.35. The highest BCUT2D eigenvalue weighted by molar-refractivity contribution is 5.92. The number of aryl methyl sites for hydroxylation is 1. The SMILES string of the molecule is Cc1cc(NC(=O)Cc2ccc(F)cc2)ccc1O.